The first kappa shape index (κ1) is 15.4. The van der Waals surface area contributed by atoms with Gasteiger partial charge in [-0.15, -0.1) is 0 Å². The van der Waals surface area contributed by atoms with E-state index in [1.165, 1.54) is 6.42 Å². The molecule has 0 saturated carbocycles. The quantitative estimate of drug-likeness (QED) is 0.864. The van der Waals surface area contributed by atoms with E-state index in [1.807, 2.05) is 4.68 Å². The molecule has 1 N–H and O–H groups in total. The van der Waals surface area contributed by atoms with Crippen molar-refractivity contribution in [2.45, 2.75) is 64.5 Å². The Kier molecular flexibility index (Phi) is 5.54. The van der Waals surface area contributed by atoms with E-state index in [1.54, 1.807) is 6.33 Å². The largest absolute Gasteiger partial charge is 0.389 e. The van der Waals surface area contributed by atoms with Crippen molar-refractivity contribution in [2.24, 2.45) is 0 Å². The number of rotatable bonds is 6. The number of aryl methyl sites for hydroxylation is 1. The number of hydrogen-bond donors (Lipinski definition) is 1. The number of aliphatic hydroxyl groups is 1. The molecule has 1 saturated heterocycles. The standard InChI is InChI=1S/C15H28N4O/c1-3-8-18-10-5-6-15(20,7-11-18)12-14-16-13-17-19(14)9-4-2/h13,20H,3-12H2,1-2H3. The lowest BCUT2D eigenvalue weighted by molar-refractivity contribution is 0.0228. The monoisotopic (exact) mass is 280 g/mol. The highest BCUT2D eigenvalue weighted by molar-refractivity contribution is 4.96. The second-order valence-electron chi connectivity index (χ2n) is 6.00. The molecule has 5 nitrogen and oxygen atoms in total. The van der Waals surface area contributed by atoms with Gasteiger partial charge in [0.1, 0.15) is 12.2 Å². The van der Waals surface area contributed by atoms with Gasteiger partial charge >= 0.3 is 0 Å². The van der Waals surface area contributed by atoms with Crippen molar-refractivity contribution in [2.75, 3.05) is 19.6 Å². The summed E-state index contributed by atoms with van der Waals surface area (Å²) in [5.41, 5.74) is -0.610. The van der Waals surface area contributed by atoms with E-state index in [-0.39, 0.29) is 0 Å². The molecule has 1 aliphatic heterocycles. The predicted molar refractivity (Wildman–Crippen MR) is 79.5 cm³/mol. The predicted octanol–water partition coefficient (Wildman–Crippen LogP) is 1.86. The van der Waals surface area contributed by atoms with Crippen molar-refractivity contribution in [3.63, 3.8) is 0 Å². The fourth-order valence-electron chi connectivity index (χ4n) is 3.07. The van der Waals surface area contributed by atoms with Gasteiger partial charge < -0.3 is 10.0 Å². The minimum Gasteiger partial charge on any atom is -0.389 e. The minimum atomic E-state index is -0.610. The molecule has 20 heavy (non-hydrogen) atoms. The Hall–Kier alpha value is -0.940. The van der Waals surface area contributed by atoms with Gasteiger partial charge in [-0.3, -0.25) is 4.68 Å². The molecule has 2 heterocycles. The fraction of sp³-hybridized carbons (Fsp3) is 0.867. The highest BCUT2D eigenvalue weighted by Crippen LogP contribution is 2.26. The lowest BCUT2D eigenvalue weighted by atomic mass is 9.91. The van der Waals surface area contributed by atoms with Crippen molar-refractivity contribution in [1.29, 1.82) is 0 Å². The first-order valence-electron chi connectivity index (χ1n) is 7.98. The summed E-state index contributed by atoms with van der Waals surface area (Å²) >= 11 is 0. The van der Waals surface area contributed by atoms with Gasteiger partial charge in [0.15, 0.2) is 0 Å². The van der Waals surface area contributed by atoms with E-state index in [0.29, 0.717) is 6.42 Å². The zero-order chi connectivity index (χ0) is 14.4. The van der Waals surface area contributed by atoms with Crippen LogP contribution in [0.2, 0.25) is 0 Å². The first-order valence-corrected chi connectivity index (χ1v) is 7.98. The van der Waals surface area contributed by atoms with Crippen LogP contribution in [-0.2, 0) is 13.0 Å². The number of nitrogens with zero attached hydrogens (tertiary/aromatic N) is 4. The summed E-state index contributed by atoms with van der Waals surface area (Å²) in [6, 6.07) is 0. The minimum absolute atomic E-state index is 0.610. The molecule has 0 amide bonds. The molecule has 0 aliphatic carbocycles. The zero-order valence-corrected chi connectivity index (χ0v) is 12.9. The molecule has 1 unspecified atom stereocenters. The number of likely N-dealkylation sites (tertiary alicyclic amines) is 1. The summed E-state index contributed by atoms with van der Waals surface area (Å²) in [5.74, 6) is 0.929. The Labute approximate surface area is 122 Å². The Balaban J connectivity index is 1.98. The number of aromatic nitrogens is 3. The third kappa shape index (κ3) is 4.03. The van der Waals surface area contributed by atoms with E-state index >= 15 is 0 Å². The topological polar surface area (TPSA) is 54.2 Å². The van der Waals surface area contributed by atoms with E-state index in [9.17, 15) is 5.11 Å². The van der Waals surface area contributed by atoms with Crippen molar-refractivity contribution >= 4 is 0 Å². The maximum atomic E-state index is 10.9. The summed E-state index contributed by atoms with van der Waals surface area (Å²) in [6.07, 6.45) is 7.24. The molecule has 1 aromatic heterocycles. The van der Waals surface area contributed by atoms with E-state index in [0.717, 1.165) is 57.7 Å². The van der Waals surface area contributed by atoms with Gasteiger partial charge in [-0.2, -0.15) is 5.10 Å². The third-order valence-electron chi connectivity index (χ3n) is 4.17. The molecule has 1 aliphatic rings. The molecular formula is C15H28N4O. The smallest absolute Gasteiger partial charge is 0.138 e. The summed E-state index contributed by atoms with van der Waals surface area (Å²) in [4.78, 5) is 6.81. The summed E-state index contributed by atoms with van der Waals surface area (Å²) in [7, 11) is 0. The Morgan fingerprint density at radius 3 is 2.75 bits per heavy atom. The van der Waals surface area contributed by atoms with Gasteiger partial charge in [0.2, 0.25) is 0 Å². The van der Waals surface area contributed by atoms with Gasteiger partial charge in [0.25, 0.3) is 0 Å². The van der Waals surface area contributed by atoms with Gasteiger partial charge in [0, 0.05) is 19.5 Å². The van der Waals surface area contributed by atoms with E-state index in [2.05, 4.69) is 28.8 Å². The molecule has 2 rings (SSSR count). The van der Waals surface area contributed by atoms with Crippen LogP contribution in [0.25, 0.3) is 0 Å². The van der Waals surface area contributed by atoms with Crippen molar-refractivity contribution in [3.05, 3.63) is 12.2 Å². The van der Waals surface area contributed by atoms with Gasteiger partial charge in [-0.25, -0.2) is 4.98 Å². The lowest BCUT2D eigenvalue weighted by Gasteiger charge is -2.26. The second kappa shape index (κ2) is 7.18. The molecule has 1 fully saturated rings. The number of hydrogen-bond acceptors (Lipinski definition) is 4. The molecule has 1 atom stereocenters. The van der Waals surface area contributed by atoms with Crippen LogP contribution in [0.15, 0.2) is 6.33 Å². The summed E-state index contributed by atoms with van der Waals surface area (Å²) < 4.78 is 1.94. The summed E-state index contributed by atoms with van der Waals surface area (Å²) in [6.45, 7) is 8.47. The van der Waals surface area contributed by atoms with E-state index < -0.39 is 5.60 Å². The van der Waals surface area contributed by atoms with Crippen LogP contribution in [-0.4, -0.2) is 50.0 Å². The van der Waals surface area contributed by atoms with Crippen molar-refractivity contribution < 1.29 is 5.11 Å². The molecule has 1 aromatic rings. The molecule has 0 bridgehead atoms. The van der Waals surface area contributed by atoms with Crippen LogP contribution < -0.4 is 0 Å². The van der Waals surface area contributed by atoms with Crippen molar-refractivity contribution in [3.8, 4) is 0 Å². The Bertz CT molecular complexity index is 406. The van der Waals surface area contributed by atoms with Gasteiger partial charge in [0.05, 0.1) is 5.60 Å². The maximum absolute atomic E-state index is 10.9. The first-order chi connectivity index (χ1) is 9.67. The molecule has 0 radical (unpaired) electrons. The molecule has 0 aromatic carbocycles. The Morgan fingerprint density at radius 1 is 1.20 bits per heavy atom. The Morgan fingerprint density at radius 2 is 2.00 bits per heavy atom. The van der Waals surface area contributed by atoms with E-state index in [4.69, 9.17) is 0 Å². The normalized spacial score (nSPS) is 24.8. The fourth-order valence-corrected chi connectivity index (χ4v) is 3.07. The van der Waals surface area contributed by atoms with Crippen LogP contribution in [0.5, 0.6) is 0 Å². The lowest BCUT2D eigenvalue weighted by Crippen LogP contribution is -2.34. The highest BCUT2D eigenvalue weighted by atomic mass is 16.3. The molecular weight excluding hydrogens is 252 g/mol. The van der Waals surface area contributed by atoms with Crippen LogP contribution in [0, 0.1) is 0 Å². The van der Waals surface area contributed by atoms with Crippen LogP contribution >= 0.6 is 0 Å². The third-order valence-corrected chi connectivity index (χ3v) is 4.17. The SMILES string of the molecule is CCCN1CCCC(O)(Cc2ncnn2CCC)CC1. The zero-order valence-electron chi connectivity index (χ0n) is 12.9. The molecule has 0 spiro atoms. The van der Waals surface area contributed by atoms with Gasteiger partial charge in [-0.1, -0.05) is 13.8 Å². The van der Waals surface area contributed by atoms with Crippen LogP contribution in [0.4, 0.5) is 0 Å². The molecule has 5 heteroatoms. The highest BCUT2D eigenvalue weighted by Gasteiger charge is 2.31. The van der Waals surface area contributed by atoms with Crippen molar-refractivity contribution in [1.82, 2.24) is 19.7 Å². The second-order valence-corrected chi connectivity index (χ2v) is 6.00. The maximum Gasteiger partial charge on any atom is 0.138 e. The van der Waals surface area contributed by atoms with Gasteiger partial charge in [-0.05, 0) is 45.2 Å². The van der Waals surface area contributed by atoms with Crippen LogP contribution in [0.3, 0.4) is 0 Å². The average molecular weight is 280 g/mol. The summed E-state index contributed by atoms with van der Waals surface area (Å²) in [5, 5.41) is 15.1. The average Bonchev–Trinajstić information content (AvgIpc) is 2.75. The molecule has 114 valence electrons. The van der Waals surface area contributed by atoms with Crippen LogP contribution in [0.1, 0.15) is 51.8 Å².